The molecule has 0 aliphatic heterocycles. The number of pyridine rings is 1. The Morgan fingerprint density at radius 2 is 1.88 bits per heavy atom. The molecular weight excluding hydrogens is 328 g/mol. The van der Waals surface area contributed by atoms with Gasteiger partial charge in [0.1, 0.15) is 5.75 Å². The van der Waals surface area contributed by atoms with Gasteiger partial charge in [-0.25, -0.2) is 0 Å². The molecule has 0 fully saturated rings. The van der Waals surface area contributed by atoms with Gasteiger partial charge in [-0.05, 0) is 55.5 Å². The number of benzene rings is 2. The first kappa shape index (κ1) is 17.7. The van der Waals surface area contributed by atoms with Crippen LogP contribution in [0, 0.1) is 13.8 Å². The summed E-state index contributed by atoms with van der Waals surface area (Å²) in [7, 11) is 0. The molecule has 0 bridgehead atoms. The molecule has 0 aliphatic rings. The van der Waals surface area contributed by atoms with E-state index in [0.29, 0.717) is 24.3 Å². The minimum atomic E-state index is -0.210. The summed E-state index contributed by atoms with van der Waals surface area (Å²) in [5.74, 6) is 0.442. The van der Waals surface area contributed by atoms with Gasteiger partial charge in [-0.2, -0.15) is 0 Å². The van der Waals surface area contributed by atoms with E-state index >= 15 is 0 Å². The molecule has 0 radical (unpaired) electrons. The highest BCUT2D eigenvalue weighted by molar-refractivity contribution is 5.83. The van der Waals surface area contributed by atoms with Gasteiger partial charge >= 0.3 is 0 Å². The molecule has 0 aliphatic carbocycles. The number of carbonyl (C=O) groups is 1. The van der Waals surface area contributed by atoms with Crippen LogP contribution in [0.4, 0.5) is 0 Å². The van der Waals surface area contributed by atoms with Crippen molar-refractivity contribution in [2.24, 2.45) is 0 Å². The van der Waals surface area contributed by atoms with Gasteiger partial charge in [0.15, 0.2) is 6.61 Å². The quantitative estimate of drug-likeness (QED) is 0.718. The second kappa shape index (κ2) is 7.87. The number of hydrogen-bond donors (Lipinski definition) is 2. The lowest BCUT2D eigenvalue weighted by atomic mass is 10.0. The van der Waals surface area contributed by atoms with Gasteiger partial charge < -0.3 is 15.0 Å². The van der Waals surface area contributed by atoms with E-state index in [0.717, 1.165) is 22.0 Å². The number of hydrogen-bond acceptors (Lipinski definition) is 3. The fourth-order valence-electron chi connectivity index (χ4n) is 2.97. The predicted octanol–water partition coefficient (Wildman–Crippen LogP) is 2.88. The molecule has 0 atom stereocenters. The van der Waals surface area contributed by atoms with Crippen molar-refractivity contribution in [3.05, 3.63) is 75.6 Å². The fraction of sp³-hybridized carbons (Fsp3) is 0.238. The van der Waals surface area contributed by atoms with Gasteiger partial charge in [-0.15, -0.1) is 0 Å². The van der Waals surface area contributed by atoms with E-state index in [1.807, 2.05) is 50.2 Å². The fourth-order valence-corrected chi connectivity index (χ4v) is 2.97. The van der Waals surface area contributed by atoms with E-state index in [-0.39, 0.29) is 18.1 Å². The second-order valence-electron chi connectivity index (χ2n) is 6.37. The number of aromatic amines is 1. The Hall–Kier alpha value is -3.08. The van der Waals surface area contributed by atoms with Crippen LogP contribution in [-0.4, -0.2) is 24.0 Å². The summed E-state index contributed by atoms with van der Waals surface area (Å²) in [6, 6.07) is 15.2. The molecular formula is C21H22N2O3. The average molecular weight is 350 g/mol. The summed E-state index contributed by atoms with van der Waals surface area (Å²) in [6.45, 7) is 4.36. The molecule has 0 spiro atoms. The standard InChI is InChI=1S/C21H22N2O3/c1-14-10-15(2)20-17(11-14)12-16(21(25)23-20)8-9-22-19(24)13-26-18-6-4-3-5-7-18/h3-7,10-12H,8-9,13H2,1-2H3,(H,22,24)(H,23,25). The lowest BCUT2D eigenvalue weighted by Gasteiger charge is -2.09. The smallest absolute Gasteiger partial charge is 0.257 e. The number of H-pyrrole nitrogens is 1. The van der Waals surface area contributed by atoms with E-state index < -0.39 is 0 Å². The number of ether oxygens (including phenoxy) is 1. The largest absolute Gasteiger partial charge is 0.484 e. The number of para-hydroxylation sites is 1. The van der Waals surface area contributed by atoms with E-state index in [9.17, 15) is 9.59 Å². The highest BCUT2D eigenvalue weighted by atomic mass is 16.5. The number of rotatable bonds is 6. The third-order valence-electron chi connectivity index (χ3n) is 4.20. The van der Waals surface area contributed by atoms with Gasteiger partial charge in [-0.1, -0.05) is 29.8 Å². The molecule has 5 nitrogen and oxygen atoms in total. The Balaban J connectivity index is 1.58. The van der Waals surface area contributed by atoms with Crippen molar-refractivity contribution >= 4 is 16.8 Å². The maximum absolute atomic E-state index is 12.3. The maximum atomic E-state index is 12.3. The Morgan fingerprint density at radius 1 is 1.12 bits per heavy atom. The summed E-state index contributed by atoms with van der Waals surface area (Å²) in [5.41, 5.74) is 3.62. The van der Waals surface area contributed by atoms with Crippen molar-refractivity contribution < 1.29 is 9.53 Å². The van der Waals surface area contributed by atoms with Crippen LogP contribution in [0.1, 0.15) is 16.7 Å². The van der Waals surface area contributed by atoms with Crippen molar-refractivity contribution in [1.82, 2.24) is 10.3 Å². The molecule has 0 saturated heterocycles. The van der Waals surface area contributed by atoms with Crippen molar-refractivity contribution in [1.29, 1.82) is 0 Å². The predicted molar refractivity (Wildman–Crippen MR) is 103 cm³/mol. The monoisotopic (exact) mass is 350 g/mol. The van der Waals surface area contributed by atoms with Crippen molar-refractivity contribution in [2.75, 3.05) is 13.2 Å². The molecule has 26 heavy (non-hydrogen) atoms. The third-order valence-corrected chi connectivity index (χ3v) is 4.20. The van der Waals surface area contributed by atoms with Crippen LogP contribution in [0.5, 0.6) is 5.75 Å². The van der Waals surface area contributed by atoms with Gasteiger partial charge in [0.05, 0.1) is 5.52 Å². The molecule has 134 valence electrons. The van der Waals surface area contributed by atoms with Crippen LogP contribution < -0.4 is 15.6 Å². The molecule has 0 unspecified atom stereocenters. The Labute approximate surface area is 152 Å². The van der Waals surface area contributed by atoms with Crippen molar-refractivity contribution in [2.45, 2.75) is 20.3 Å². The number of aryl methyl sites for hydroxylation is 2. The molecule has 3 aromatic rings. The summed E-state index contributed by atoms with van der Waals surface area (Å²) >= 11 is 0. The second-order valence-corrected chi connectivity index (χ2v) is 6.37. The molecule has 0 saturated carbocycles. The topological polar surface area (TPSA) is 71.2 Å². The number of aromatic nitrogens is 1. The summed E-state index contributed by atoms with van der Waals surface area (Å²) in [6.07, 6.45) is 0.468. The van der Waals surface area contributed by atoms with Gasteiger partial charge in [0, 0.05) is 12.1 Å². The summed E-state index contributed by atoms with van der Waals surface area (Å²) < 4.78 is 5.40. The van der Waals surface area contributed by atoms with Crippen LogP contribution in [0.2, 0.25) is 0 Å². The first-order valence-corrected chi connectivity index (χ1v) is 8.60. The molecule has 1 amide bonds. The molecule has 5 heteroatoms. The zero-order valence-electron chi connectivity index (χ0n) is 15.0. The average Bonchev–Trinajstić information content (AvgIpc) is 2.62. The molecule has 3 rings (SSSR count). The molecule has 2 N–H and O–H groups in total. The maximum Gasteiger partial charge on any atom is 0.257 e. The highest BCUT2D eigenvalue weighted by Crippen LogP contribution is 2.18. The normalized spacial score (nSPS) is 10.7. The Bertz CT molecular complexity index is 978. The molecule has 2 aromatic carbocycles. The van der Waals surface area contributed by atoms with Crippen LogP contribution in [-0.2, 0) is 11.2 Å². The number of amides is 1. The number of carbonyl (C=O) groups excluding carboxylic acids is 1. The van der Waals surface area contributed by atoms with Crippen LogP contribution in [0.25, 0.3) is 10.9 Å². The van der Waals surface area contributed by atoms with Crippen molar-refractivity contribution in [3.63, 3.8) is 0 Å². The molecule has 1 aromatic heterocycles. The minimum Gasteiger partial charge on any atom is -0.484 e. The first-order valence-electron chi connectivity index (χ1n) is 8.60. The van der Waals surface area contributed by atoms with Crippen LogP contribution >= 0.6 is 0 Å². The minimum absolute atomic E-state index is 0.0452. The van der Waals surface area contributed by atoms with Crippen LogP contribution in [0.15, 0.2) is 53.3 Å². The number of nitrogens with one attached hydrogen (secondary N) is 2. The van der Waals surface area contributed by atoms with Gasteiger partial charge in [-0.3, -0.25) is 9.59 Å². The number of fused-ring (bicyclic) bond motifs is 1. The third kappa shape index (κ3) is 4.30. The van der Waals surface area contributed by atoms with Gasteiger partial charge in [0.25, 0.3) is 11.5 Å². The Kier molecular flexibility index (Phi) is 5.37. The first-order chi connectivity index (χ1) is 12.5. The van der Waals surface area contributed by atoms with Gasteiger partial charge in [0.2, 0.25) is 0 Å². The van der Waals surface area contributed by atoms with E-state index in [4.69, 9.17) is 4.74 Å². The SMILES string of the molecule is Cc1cc(C)c2[nH]c(=O)c(CCNC(=O)COc3ccccc3)cc2c1. The van der Waals surface area contributed by atoms with E-state index in [2.05, 4.69) is 10.3 Å². The summed E-state index contributed by atoms with van der Waals surface area (Å²) in [4.78, 5) is 27.1. The Morgan fingerprint density at radius 3 is 2.65 bits per heavy atom. The lowest BCUT2D eigenvalue weighted by Crippen LogP contribution is -2.31. The zero-order valence-corrected chi connectivity index (χ0v) is 15.0. The van der Waals surface area contributed by atoms with Crippen molar-refractivity contribution in [3.8, 4) is 5.75 Å². The summed E-state index contributed by atoms with van der Waals surface area (Å²) in [5, 5.41) is 3.79. The van der Waals surface area contributed by atoms with E-state index in [1.165, 1.54) is 0 Å². The zero-order chi connectivity index (χ0) is 18.5. The highest BCUT2D eigenvalue weighted by Gasteiger charge is 2.07. The lowest BCUT2D eigenvalue weighted by molar-refractivity contribution is -0.123. The van der Waals surface area contributed by atoms with E-state index in [1.54, 1.807) is 12.1 Å². The van der Waals surface area contributed by atoms with Crippen LogP contribution in [0.3, 0.4) is 0 Å². The molecule has 1 heterocycles.